The van der Waals surface area contributed by atoms with E-state index < -0.39 is 31.1 Å². The summed E-state index contributed by atoms with van der Waals surface area (Å²) in [6.45, 7) is 3.27. The van der Waals surface area contributed by atoms with Gasteiger partial charge in [-0.05, 0) is 18.2 Å². The Bertz CT molecular complexity index is 929. The molecule has 2 aromatic rings. The van der Waals surface area contributed by atoms with Crippen molar-refractivity contribution in [3.05, 3.63) is 28.8 Å². The molecule has 0 aliphatic heterocycles. The first-order valence-electron chi connectivity index (χ1n) is 6.94. The first-order chi connectivity index (χ1) is 11.9. The molecule has 7 nitrogen and oxygen atoms in total. The molecule has 142 valence electrons. The van der Waals surface area contributed by atoms with E-state index in [9.17, 15) is 26.4 Å². The summed E-state index contributed by atoms with van der Waals surface area (Å²) in [5, 5.41) is 8.75. The highest BCUT2D eigenvalue weighted by molar-refractivity contribution is 7.94. The lowest BCUT2D eigenvalue weighted by Crippen LogP contribution is -2.17. The Kier molecular flexibility index (Phi) is 5.78. The fraction of sp³-hybridized carbons (Fsp3) is 0.308. The first kappa shape index (κ1) is 20.4. The summed E-state index contributed by atoms with van der Waals surface area (Å²) in [5.74, 6) is -0.738. The van der Waals surface area contributed by atoms with Crippen molar-refractivity contribution in [3.8, 4) is 0 Å². The molecule has 0 saturated carbocycles. The molecule has 0 atom stereocenters. The molecule has 1 heterocycles. The van der Waals surface area contributed by atoms with Gasteiger partial charge in [0.15, 0.2) is 0 Å². The van der Waals surface area contributed by atoms with Crippen molar-refractivity contribution in [2.24, 2.45) is 5.92 Å². The van der Waals surface area contributed by atoms with Crippen molar-refractivity contribution in [1.82, 2.24) is 10.2 Å². The van der Waals surface area contributed by atoms with Gasteiger partial charge in [-0.1, -0.05) is 36.8 Å². The molecule has 0 aliphatic carbocycles. The molecule has 0 radical (unpaired) electrons. The van der Waals surface area contributed by atoms with Crippen molar-refractivity contribution in [2.45, 2.75) is 24.4 Å². The Morgan fingerprint density at radius 1 is 1.27 bits per heavy atom. The monoisotopic (exact) mass is 428 g/mol. The van der Waals surface area contributed by atoms with Gasteiger partial charge in [0.05, 0.1) is 10.6 Å². The minimum absolute atomic E-state index is 0.0452. The topological polar surface area (TPSA) is 101 Å². The molecule has 26 heavy (non-hydrogen) atoms. The molecule has 1 aromatic carbocycles. The summed E-state index contributed by atoms with van der Waals surface area (Å²) in [6, 6.07) is 2.58. The maximum atomic E-state index is 12.9. The molecule has 0 bridgehead atoms. The van der Waals surface area contributed by atoms with Gasteiger partial charge in [-0.2, -0.15) is 21.6 Å². The van der Waals surface area contributed by atoms with Crippen LogP contribution in [-0.4, -0.2) is 24.5 Å². The smallest absolute Gasteiger partial charge is 0.300 e. The van der Waals surface area contributed by atoms with Gasteiger partial charge in [-0.3, -0.25) is 9.52 Å². The van der Waals surface area contributed by atoms with E-state index in [4.69, 9.17) is 11.6 Å². The summed E-state index contributed by atoms with van der Waals surface area (Å²) in [6.07, 6.45) is -4.74. The average Bonchev–Trinajstić information content (AvgIpc) is 2.97. The van der Waals surface area contributed by atoms with E-state index in [0.717, 1.165) is 12.1 Å². The van der Waals surface area contributed by atoms with Gasteiger partial charge in [-0.15, -0.1) is 10.2 Å². The summed E-state index contributed by atoms with van der Waals surface area (Å²) >= 11 is 6.05. The number of carbonyl (C=O) groups excluding carboxylic acids is 1. The Hall–Kier alpha value is -1.92. The number of nitrogens with zero attached hydrogens (tertiary/aromatic N) is 2. The van der Waals surface area contributed by atoms with Crippen molar-refractivity contribution < 1.29 is 26.4 Å². The lowest BCUT2D eigenvalue weighted by Gasteiger charge is -2.11. The zero-order valence-corrected chi connectivity index (χ0v) is 15.6. The van der Waals surface area contributed by atoms with Gasteiger partial charge in [0.1, 0.15) is 0 Å². The number of rotatable bonds is 5. The number of benzene rings is 1. The fourth-order valence-electron chi connectivity index (χ4n) is 1.62. The maximum Gasteiger partial charge on any atom is 0.417 e. The fourth-order valence-corrected chi connectivity index (χ4v) is 3.80. The van der Waals surface area contributed by atoms with Crippen LogP contribution in [0.3, 0.4) is 0 Å². The number of nitrogens with one attached hydrogen (secondary N) is 2. The lowest BCUT2D eigenvalue weighted by molar-refractivity contribution is -0.137. The summed E-state index contributed by atoms with van der Waals surface area (Å²) in [5.41, 5.74) is -1.52. The standard InChI is InChI=1S/C13H12ClF3N4O3S2/c1-6(2)10(22)18-11-19-20-12(25-11)26(23,24)21-7-3-4-9(14)8(5-7)13(15,16)17/h3-6,21H,1-2H3,(H,18,19,22). The zero-order chi connectivity index (χ0) is 19.7. The summed E-state index contributed by atoms with van der Waals surface area (Å²) < 4.78 is 64.5. The molecule has 0 saturated heterocycles. The van der Waals surface area contributed by atoms with Crippen LogP contribution in [0.25, 0.3) is 0 Å². The highest BCUT2D eigenvalue weighted by Gasteiger charge is 2.34. The van der Waals surface area contributed by atoms with E-state index in [2.05, 4.69) is 15.5 Å². The van der Waals surface area contributed by atoms with Gasteiger partial charge in [0.25, 0.3) is 14.4 Å². The molecular formula is C13H12ClF3N4O3S2. The Morgan fingerprint density at radius 2 is 1.92 bits per heavy atom. The van der Waals surface area contributed by atoms with Crippen LogP contribution in [0.4, 0.5) is 24.0 Å². The number of sulfonamides is 1. The molecule has 1 amide bonds. The Balaban J connectivity index is 2.25. The van der Waals surface area contributed by atoms with Crippen LogP contribution in [0.5, 0.6) is 0 Å². The molecule has 1 aromatic heterocycles. The number of halogens is 4. The third kappa shape index (κ3) is 4.83. The molecule has 2 rings (SSSR count). The molecule has 13 heteroatoms. The largest absolute Gasteiger partial charge is 0.417 e. The number of alkyl halides is 3. The van der Waals surface area contributed by atoms with Crippen molar-refractivity contribution in [1.29, 1.82) is 0 Å². The summed E-state index contributed by atoms with van der Waals surface area (Å²) in [7, 11) is -4.29. The molecule has 0 aliphatic rings. The second-order valence-electron chi connectivity index (χ2n) is 5.31. The lowest BCUT2D eigenvalue weighted by atomic mass is 10.2. The Morgan fingerprint density at radius 3 is 2.50 bits per heavy atom. The van der Waals surface area contributed by atoms with E-state index in [0.29, 0.717) is 17.4 Å². The van der Waals surface area contributed by atoms with Crippen molar-refractivity contribution in [3.63, 3.8) is 0 Å². The average molecular weight is 429 g/mol. The minimum Gasteiger partial charge on any atom is -0.300 e. The third-order valence-electron chi connectivity index (χ3n) is 2.91. The first-order valence-corrected chi connectivity index (χ1v) is 9.62. The van der Waals surface area contributed by atoms with Crippen molar-refractivity contribution >= 4 is 49.7 Å². The number of hydrogen-bond donors (Lipinski definition) is 2. The molecular weight excluding hydrogens is 417 g/mol. The van der Waals surface area contributed by atoms with Gasteiger partial charge >= 0.3 is 6.18 Å². The second-order valence-corrected chi connectivity index (χ2v) is 8.56. The Labute approximate surface area is 155 Å². The van der Waals surface area contributed by atoms with Crippen LogP contribution < -0.4 is 10.0 Å². The highest BCUT2D eigenvalue weighted by Crippen LogP contribution is 2.36. The second kappa shape index (κ2) is 7.37. The normalized spacial score (nSPS) is 12.3. The predicted molar refractivity (Wildman–Crippen MR) is 90.6 cm³/mol. The molecule has 0 spiro atoms. The quantitative estimate of drug-likeness (QED) is 0.708. The predicted octanol–water partition coefficient (Wildman–Crippen LogP) is 3.61. The highest BCUT2D eigenvalue weighted by atomic mass is 35.5. The number of amides is 1. The van der Waals surface area contributed by atoms with E-state index in [1.165, 1.54) is 0 Å². The van der Waals surface area contributed by atoms with Crippen LogP contribution >= 0.6 is 22.9 Å². The molecule has 0 unspecified atom stereocenters. The van der Waals surface area contributed by atoms with Gasteiger partial charge < -0.3 is 5.32 Å². The summed E-state index contributed by atoms with van der Waals surface area (Å²) in [4.78, 5) is 11.6. The van der Waals surface area contributed by atoms with Gasteiger partial charge in [0.2, 0.25) is 11.0 Å². The van der Waals surface area contributed by atoms with Crippen LogP contribution in [0, 0.1) is 5.92 Å². The number of carbonyl (C=O) groups is 1. The van der Waals surface area contributed by atoms with Crippen LogP contribution in [-0.2, 0) is 21.0 Å². The van der Waals surface area contributed by atoms with Gasteiger partial charge in [0, 0.05) is 11.6 Å². The van der Waals surface area contributed by atoms with Crippen LogP contribution in [0.2, 0.25) is 5.02 Å². The number of hydrogen-bond acceptors (Lipinski definition) is 6. The molecule has 2 N–H and O–H groups in total. The van der Waals surface area contributed by atoms with E-state index in [-0.39, 0.29) is 22.6 Å². The zero-order valence-electron chi connectivity index (χ0n) is 13.3. The van der Waals surface area contributed by atoms with Crippen molar-refractivity contribution in [2.75, 3.05) is 10.0 Å². The van der Waals surface area contributed by atoms with Gasteiger partial charge in [-0.25, -0.2) is 0 Å². The van der Waals surface area contributed by atoms with Crippen LogP contribution in [0.1, 0.15) is 19.4 Å². The SMILES string of the molecule is CC(C)C(=O)Nc1nnc(S(=O)(=O)Nc2ccc(Cl)c(C(F)(F)F)c2)s1. The van der Waals surface area contributed by atoms with E-state index in [1.54, 1.807) is 13.8 Å². The number of anilines is 2. The maximum absolute atomic E-state index is 12.9. The number of aromatic nitrogens is 2. The molecule has 0 fully saturated rings. The van der Waals surface area contributed by atoms with Crippen LogP contribution in [0.15, 0.2) is 22.5 Å². The van der Waals surface area contributed by atoms with E-state index in [1.807, 2.05) is 4.72 Å². The minimum atomic E-state index is -4.74. The third-order valence-corrected chi connectivity index (χ3v) is 5.83. The van der Waals surface area contributed by atoms with E-state index >= 15 is 0 Å².